The molecule has 0 spiro atoms. The van der Waals surface area contributed by atoms with Gasteiger partial charge in [-0.15, -0.1) is 0 Å². The smallest absolute Gasteiger partial charge is 0.127 e. The van der Waals surface area contributed by atoms with E-state index in [1.54, 1.807) is 6.07 Å². The number of benzene rings is 2. The van der Waals surface area contributed by atoms with Crippen LogP contribution in [0.2, 0.25) is 0 Å². The SMILES string of the molecule is CCCCNC1CCC(c2ccc(-c3ccc(C4CCC(C)CC4)cc3)cc2F)CC1. The van der Waals surface area contributed by atoms with Crippen LogP contribution in [0.4, 0.5) is 4.39 Å². The summed E-state index contributed by atoms with van der Waals surface area (Å²) >= 11 is 0. The molecule has 0 atom stereocenters. The topological polar surface area (TPSA) is 12.0 Å². The van der Waals surface area contributed by atoms with Gasteiger partial charge in [-0.05, 0) is 97.6 Å². The van der Waals surface area contributed by atoms with E-state index >= 15 is 4.39 Å². The van der Waals surface area contributed by atoms with Crippen LogP contribution in [-0.4, -0.2) is 12.6 Å². The second-order valence-electron chi connectivity index (χ2n) is 10.2. The normalized spacial score (nSPS) is 26.7. The van der Waals surface area contributed by atoms with Crippen molar-refractivity contribution in [2.75, 3.05) is 6.54 Å². The second kappa shape index (κ2) is 10.8. The summed E-state index contributed by atoms with van der Waals surface area (Å²) in [5.74, 6) is 1.93. The number of halogens is 1. The number of unbranched alkanes of at least 4 members (excludes halogenated alkanes) is 1. The largest absolute Gasteiger partial charge is 0.314 e. The molecular formula is C29H40FN. The van der Waals surface area contributed by atoms with E-state index in [4.69, 9.17) is 0 Å². The Morgan fingerprint density at radius 3 is 2.10 bits per heavy atom. The molecule has 4 rings (SSSR count). The maximum absolute atomic E-state index is 15.1. The predicted molar refractivity (Wildman–Crippen MR) is 130 cm³/mol. The molecule has 2 aromatic carbocycles. The molecule has 2 aliphatic carbocycles. The summed E-state index contributed by atoms with van der Waals surface area (Å²) in [5.41, 5.74) is 4.50. The molecule has 2 heteroatoms. The molecule has 0 radical (unpaired) electrons. The number of hydrogen-bond donors (Lipinski definition) is 1. The molecule has 2 aromatic rings. The Morgan fingerprint density at radius 1 is 0.806 bits per heavy atom. The van der Waals surface area contributed by atoms with E-state index in [1.165, 1.54) is 44.1 Å². The fourth-order valence-corrected chi connectivity index (χ4v) is 5.67. The van der Waals surface area contributed by atoms with Gasteiger partial charge >= 0.3 is 0 Å². The van der Waals surface area contributed by atoms with Gasteiger partial charge in [-0.25, -0.2) is 4.39 Å². The first kappa shape index (κ1) is 22.5. The van der Waals surface area contributed by atoms with Crippen molar-refractivity contribution in [1.29, 1.82) is 0 Å². The van der Waals surface area contributed by atoms with Crippen molar-refractivity contribution < 1.29 is 4.39 Å². The maximum Gasteiger partial charge on any atom is 0.127 e. The van der Waals surface area contributed by atoms with E-state index in [0.717, 1.165) is 54.8 Å². The molecule has 2 saturated carbocycles. The minimum Gasteiger partial charge on any atom is -0.314 e. The number of nitrogens with one attached hydrogen (secondary N) is 1. The van der Waals surface area contributed by atoms with Crippen molar-refractivity contribution in [2.45, 2.75) is 95.9 Å². The molecule has 0 saturated heterocycles. The van der Waals surface area contributed by atoms with Gasteiger partial charge in [0.15, 0.2) is 0 Å². The first-order chi connectivity index (χ1) is 15.1. The quantitative estimate of drug-likeness (QED) is 0.444. The minimum absolute atomic E-state index is 0.0229. The van der Waals surface area contributed by atoms with Gasteiger partial charge in [-0.2, -0.15) is 0 Å². The van der Waals surface area contributed by atoms with E-state index in [9.17, 15) is 0 Å². The van der Waals surface area contributed by atoms with Crippen LogP contribution in [0, 0.1) is 11.7 Å². The highest BCUT2D eigenvalue weighted by Gasteiger charge is 2.24. The summed E-state index contributed by atoms with van der Waals surface area (Å²) in [5, 5.41) is 3.68. The molecule has 0 unspecified atom stereocenters. The molecule has 0 bridgehead atoms. The van der Waals surface area contributed by atoms with Crippen LogP contribution in [0.3, 0.4) is 0 Å². The highest BCUT2D eigenvalue weighted by Crippen LogP contribution is 2.38. The van der Waals surface area contributed by atoms with E-state index in [-0.39, 0.29) is 5.82 Å². The molecule has 0 aliphatic heterocycles. The Hall–Kier alpha value is -1.67. The van der Waals surface area contributed by atoms with Crippen LogP contribution < -0.4 is 5.32 Å². The van der Waals surface area contributed by atoms with Crippen LogP contribution in [0.25, 0.3) is 11.1 Å². The van der Waals surface area contributed by atoms with Gasteiger partial charge in [0.1, 0.15) is 5.82 Å². The Kier molecular flexibility index (Phi) is 7.82. The van der Waals surface area contributed by atoms with Gasteiger partial charge in [-0.3, -0.25) is 0 Å². The Morgan fingerprint density at radius 2 is 1.45 bits per heavy atom. The molecule has 0 amide bonds. The molecule has 1 N–H and O–H groups in total. The fraction of sp³-hybridized carbons (Fsp3) is 0.586. The van der Waals surface area contributed by atoms with Gasteiger partial charge in [-0.1, -0.05) is 69.5 Å². The van der Waals surface area contributed by atoms with Crippen molar-refractivity contribution in [3.05, 3.63) is 59.4 Å². The van der Waals surface area contributed by atoms with Crippen LogP contribution in [0.1, 0.15) is 101 Å². The monoisotopic (exact) mass is 421 g/mol. The molecule has 0 aromatic heterocycles. The minimum atomic E-state index is -0.0229. The van der Waals surface area contributed by atoms with E-state index in [2.05, 4.69) is 55.6 Å². The zero-order valence-corrected chi connectivity index (χ0v) is 19.5. The number of hydrogen-bond acceptors (Lipinski definition) is 1. The highest BCUT2D eigenvalue weighted by molar-refractivity contribution is 5.64. The number of rotatable bonds is 7. The lowest BCUT2D eigenvalue weighted by Gasteiger charge is -2.30. The molecule has 2 aliphatic rings. The average Bonchev–Trinajstić information content (AvgIpc) is 2.80. The summed E-state index contributed by atoms with van der Waals surface area (Å²) in [6, 6.07) is 15.5. The average molecular weight is 422 g/mol. The van der Waals surface area contributed by atoms with Crippen LogP contribution in [0.5, 0.6) is 0 Å². The molecule has 2 fully saturated rings. The lowest BCUT2D eigenvalue weighted by molar-refractivity contribution is 0.337. The third-order valence-electron chi connectivity index (χ3n) is 7.86. The molecule has 1 nitrogen and oxygen atoms in total. The third kappa shape index (κ3) is 5.77. The van der Waals surface area contributed by atoms with Gasteiger partial charge < -0.3 is 5.32 Å². The first-order valence-corrected chi connectivity index (χ1v) is 12.8. The van der Waals surface area contributed by atoms with Crippen molar-refractivity contribution in [3.8, 4) is 11.1 Å². The molecule has 0 heterocycles. The van der Waals surface area contributed by atoms with Crippen molar-refractivity contribution in [2.24, 2.45) is 5.92 Å². The summed E-state index contributed by atoms with van der Waals surface area (Å²) in [6.45, 7) is 5.72. The lowest BCUT2D eigenvalue weighted by atomic mass is 9.79. The van der Waals surface area contributed by atoms with E-state index in [0.29, 0.717) is 17.9 Å². The van der Waals surface area contributed by atoms with Gasteiger partial charge in [0.2, 0.25) is 0 Å². The Bertz CT molecular complexity index is 811. The van der Waals surface area contributed by atoms with Crippen LogP contribution >= 0.6 is 0 Å². The van der Waals surface area contributed by atoms with E-state index < -0.39 is 0 Å². The van der Waals surface area contributed by atoms with E-state index in [1.807, 2.05) is 0 Å². The highest BCUT2D eigenvalue weighted by atomic mass is 19.1. The summed E-state index contributed by atoms with van der Waals surface area (Å²) in [6.07, 6.45) is 12.3. The second-order valence-corrected chi connectivity index (χ2v) is 10.2. The van der Waals surface area contributed by atoms with Crippen molar-refractivity contribution in [3.63, 3.8) is 0 Å². The maximum atomic E-state index is 15.1. The molecular weight excluding hydrogens is 381 g/mol. The van der Waals surface area contributed by atoms with Gasteiger partial charge in [0, 0.05) is 6.04 Å². The third-order valence-corrected chi connectivity index (χ3v) is 7.86. The van der Waals surface area contributed by atoms with Crippen LogP contribution in [-0.2, 0) is 0 Å². The standard InChI is InChI=1S/C29H40FN/c1-3-4-19-31-27-16-13-25(14-17-27)28-18-15-26(20-29(28)30)24-11-9-23(10-12-24)22-7-5-21(2)6-8-22/h9-12,15,18,20-22,25,27,31H,3-8,13-14,16-17,19H2,1-2H3. The zero-order chi connectivity index (χ0) is 21.6. The lowest BCUT2D eigenvalue weighted by Crippen LogP contribution is -2.33. The first-order valence-electron chi connectivity index (χ1n) is 12.8. The van der Waals surface area contributed by atoms with Gasteiger partial charge in [0.05, 0.1) is 0 Å². The zero-order valence-electron chi connectivity index (χ0n) is 19.5. The summed E-state index contributed by atoms with van der Waals surface area (Å²) in [7, 11) is 0. The summed E-state index contributed by atoms with van der Waals surface area (Å²) in [4.78, 5) is 0. The summed E-state index contributed by atoms with van der Waals surface area (Å²) < 4.78 is 15.1. The van der Waals surface area contributed by atoms with Crippen LogP contribution in [0.15, 0.2) is 42.5 Å². The van der Waals surface area contributed by atoms with Crippen molar-refractivity contribution in [1.82, 2.24) is 5.32 Å². The Balaban J connectivity index is 1.36. The predicted octanol–water partition coefficient (Wildman–Crippen LogP) is 8.20. The molecule has 168 valence electrons. The fourth-order valence-electron chi connectivity index (χ4n) is 5.67. The van der Waals surface area contributed by atoms with Crippen molar-refractivity contribution >= 4 is 0 Å². The van der Waals surface area contributed by atoms with Gasteiger partial charge in [0.25, 0.3) is 0 Å². The Labute approximate surface area is 188 Å². The molecule has 31 heavy (non-hydrogen) atoms.